The Bertz CT molecular complexity index is 230. The van der Waals surface area contributed by atoms with E-state index < -0.39 is 21.1 Å². The van der Waals surface area contributed by atoms with Gasteiger partial charge in [-0.1, -0.05) is 51.2 Å². The fourth-order valence-corrected chi connectivity index (χ4v) is 1.77. The van der Waals surface area contributed by atoms with Gasteiger partial charge in [0.2, 0.25) is 0 Å². The van der Waals surface area contributed by atoms with Gasteiger partial charge in [-0.25, -0.2) is 0 Å². The maximum Gasteiger partial charge on any atom is 0.503 e. The lowest BCUT2D eigenvalue weighted by molar-refractivity contribution is -1.63. The third kappa shape index (κ3) is 14.0. The standard InChI is InChI=1S/C13H23N.HIO3/c1-2-3-4-5-6-8-11-14-12-9-7-10-13-14;2-1(3)4/h7,9-10,12H,2-6,8,11,13H2,1H3;2H. The average molecular weight is 369 g/mol. The van der Waals surface area contributed by atoms with Gasteiger partial charge in [-0.3, -0.25) is 0 Å². The summed E-state index contributed by atoms with van der Waals surface area (Å²) >= 11 is -3.76. The summed E-state index contributed by atoms with van der Waals surface area (Å²) in [4.78, 5) is 2.39. The van der Waals surface area contributed by atoms with Gasteiger partial charge in [-0.15, -0.1) is 0 Å². The van der Waals surface area contributed by atoms with Crippen molar-refractivity contribution < 1.29 is 31.4 Å². The molecule has 0 spiro atoms. The molecule has 0 fully saturated rings. The third-order valence-corrected chi connectivity index (χ3v) is 2.68. The number of hydrogen-bond donors (Lipinski definition) is 1. The summed E-state index contributed by atoms with van der Waals surface area (Å²) in [5, 5.41) is 0. The Morgan fingerprint density at radius 2 is 1.72 bits per heavy atom. The van der Waals surface area contributed by atoms with Crippen molar-refractivity contribution in [3.63, 3.8) is 0 Å². The molecule has 1 aliphatic heterocycles. The lowest BCUT2D eigenvalue weighted by atomic mass is 10.1. The van der Waals surface area contributed by atoms with Crippen LogP contribution in [0.2, 0.25) is 0 Å². The van der Waals surface area contributed by atoms with Crippen LogP contribution in [-0.2, 0) is 0 Å². The van der Waals surface area contributed by atoms with E-state index in [1.165, 1.54) is 45.1 Å². The van der Waals surface area contributed by atoms with Crippen LogP contribution in [0.15, 0.2) is 24.4 Å². The Morgan fingerprint density at radius 1 is 1.11 bits per heavy atom. The molecule has 1 rings (SSSR count). The molecule has 0 unspecified atom stereocenters. The fraction of sp³-hybridized carbons (Fsp3) is 0.692. The van der Waals surface area contributed by atoms with Crippen LogP contribution >= 0.6 is 0 Å². The Kier molecular flexibility index (Phi) is 13.2. The number of rotatable bonds is 7. The topological polar surface area (TPSA) is 69.6 Å². The zero-order valence-corrected chi connectivity index (χ0v) is 13.2. The summed E-state index contributed by atoms with van der Waals surface area (Å²) in [6.07, 6.45) is 17.0. The molecule has 0 saturated heterocycles. The number of nitrogens with zero attached hydrogens (tertiary/aromatic N) is 1. The second-order valence-corrected chi connectivity index (χ2v) is 5.38. The van der Waals surface area contributed by atoms with Crippen LogP contribution < -0.4 is 27.9 Å². The lowest BCUT2D eigenvalue weighted by Crippen LogP contribution is -3.98. The average Bonchev–Trinajstić information content (AvgIpc) is 2.34. The van der Waals surface area contributed by atoms with Crippen LogP contribution in [0.3, 0.4) is 0 Å². The highest BCUT2D eigenvalue weighted by Gasteiger charge is 1.98. The van der Waals surface area contributed by atoms with E-state index in [-0.39, 0.29) is 0 Å². The van der Waals surface area contributed by atoms with Crippen LogP contribution in [-0.4, -0.2) is 21.4 Å². The van der Waals surface area contributed by atoms with Crippen molar-refractivity contribution in [3.8, 4) is 0 Å². The van der Waals surface area contributed by atoms with Gasteiger partial charge in [0.05, 0.1) is 0 Å². The summed E-state index contributed by atoms with van der Waals surface area (Å²) < 4.78 is 24.5. The highest BCUT2D eigenvalue weighted by atomic mass is 127. The summed E-state index contributed by atoms with van der Waals surface area (Å²) in [7, 11) is 0. The normalized spacial score (nSPS) is 13.7. The van der Waals surface area contributed by atoms with E-state index in [9.17, 15) is 0 Å². The van der Waals surface area contributed by atoms with Crippen molar-refractivity contribution in [2.45, 2.75) is 45.4 Å². The molecule has 4 nitrogen and oxygen atoms in total. The van der Waals surface area contributed by atoms with Crippen LogP contribution in [0.4, 0.5) is 0 Å². The Balaban J connectivity index is 0.000000631. The molecule has 0 saturated carbocycles. The van der Waals surface area contributed by atoms with Gasteiger partial charge in [-0.05, 0) is 22.1 Å². The second-order valence-electron chi connectivity index (χ2n) is 4.23. The summed E-state index contributed by atoms with van der Waals surface area (Å²) in [5.41, 5.74) is 0. The van der Waals surface area contributed by atoms with E-state index in [0.717, 1.165) is 6.54 Å². The highest BCUT2D eigenvalue weighted by Crippen LogP contribution is 2.07. The van der Waals surface area contributed by atoms with Crippen molar-refractivity contribution in [1.82, 2.24) is 4.90 Å². The zero-order chi connectivity index (χ0) is 13.6. The first-order chi connectivity index (χ1) is 8.66. The van der Waals surface area contributed by atoms with Crippen LogP contribution in [0, 0.1) is 0 Å². The maximum absolute atomic E-state index is 8.68. The summed E-state index contributed by atoms with van der Waals surface area (Å²) in [6, 6.07) is 0. The quantitative estimate of drug-likeness (QED) is 0.409. The van der Waals surface area contributed by atoms with Crippen molar-refractivity contribution in [2.75, 3.05) is 13.1 Å². The summed E-state index contributed by atoms with van der Waals surface area (Å²) in [5.74, 6) is 0. The van der Waals surface area contributed by atoms with Crippen molar-refractivity contribution >= 4 is 0 Å². The van der Waals surface area contributed by atoms with E-state index in [2.05, 4.69) is 36.3 Å². The molecule has 0 radical (unpaired) electrons. The first-order valence-corrected chi connectivity index (χ1v) is 9.21. The molecule has 106 valence electrons. The SMILES string of the molecule is CCCCCCCCN1C=CC=CC1.[O-][I+2]([O-])O. The molecule has 1 N–H and O–H groups in total. The van der Waals surface area contributed by atoms with E-state index in [1.54, 1.807) is 0 Å². The van der Waals surface area contributed by atoms with E-state index in [4.69, 9.17) is 10.3 Å². The number of hydrogen-bond acceptors (Lipinski definition) is 4. The first kappa shape index (κ1) is 17.9. The second kappa shape index (κ2) is 13.3. The van der Waals surface area contributed by atoms with Crippen LogP contribution in [0.5, 0.6) is 0 Å². The van der Waals surface area contributed by atoms with Crippen LogP contribution in [0.1, 0.15) is 45.4 Å². The Hall–Kier alpha value is -0.110. The molecular formula is C13H24INO3. The van der Waals surface area contributed by atoms with Gasteiger partial charge in [0.1, 0.15) is 0 Å². The van der Waals surface area contributed by atoms with Gasteiger partial charge in [0.25, 0.3) is 0 Å². The molecule has 18 heavy (non-hydrogen) atoms. The predicted octanol–water partition coefficient (Wildman–Crippen LogP) is -2.20. The van der Waals surface area contributed by atoms with Crippen molar-refractivity contribution in [1.29, 1.82) is 0 Å². The van der Waals surface area contributed by atoms with Crippen LogP contribution in [0.25, 0.3) is 0 Å². The van der Waals surface area contributed by atoms with Gasteiger partial charge in [0, 0.05) is 13.1 Å². The number of halogens is 1. The summed E-state index contributed by atoms with van der Waals surface area (Å²) in [6.45, 7) is 4.60. The zero-order valence-electron chi connectivity index (χ0n) is 11.1. The van der Waals surface area contributed by atoms with Gasteiger partial charge < -0.3 is 11.8 Å². The predicted molar refractivity (Wildman–Crippen MR) is 65.4 cm³/mol. The Morgan fingerprint density at radius 3 is 2.28 bits per heavy atom. The molecule has 0 aromatic rings. The van der Waals surface area contributed by atoms with E-state index >= 15 is 0 Å². The van der Waals surface area contributed by atoms with Gasteiger partial charge in [0.15, 0.2) is 0 Å². The van der Waals surface area contributed by atoms with E-state index in [0.29, 0.717) is 0 Å². The molecule has 0 aromatic heterocycles. The highest BCUT2D eigenvalue weighted by molar-refractivity contribution is 5.08. The molecule has 0 bridgehead atoms. The molecule has 1 aliphatic rings. The van der Waals surface area contributed by atoms with Crippen molar-refractivity contribution in [3.05, 3.63) is 24.4 Å². The van der Waals surface area contributed by atoms with E-state index in [1.807, 2.05) is 0 Å². The minimum absolute atomic E-state index is 1.10. The maximum atomic E-state index is 8.68. The molecule has 0 aliphatic carbocycles. The number of allylic oxidation sites excluding steroid dienone is 2. The van der Waals surface area contributed by atoms with Gasteiger partial charge in [-0.2, -0.15) is 0 Å². The largest absolute Gasteiger partial charge is 0.503 e. The third-order valence-electron chi connectivity index (χ3n) is 2.68. The Labute approximate surface area is 119 Å². The molecule has 0 aromatic carbocycles. The minimum atomic E-state index is -3.76. The molecule has 0 amide bonds. The smallest absolute Gasteiger partial charge is 0.396 e. The molecule has 5 heteroatoms. The lowest BCUT2D eigenvalue weighted by Gasteiger charge is -2.20. The minimum Gasteiger partial charge on any atom is -0.396 e. The monoisotopic (exact) mass is 369 g/mol. The molecule has 0 atom stereocenters. The van der Waals surface area contributed by atoms with Crippen molar-refractivity contribution in [2.24, 2.45) is 0 Å². The molecule has 1 heterocycles. The molecular weight excluding hydrogens is 345 g/mol. The first-order valence-electron chi connectivity index (χ1n) is 6.48. The van der Waals surface area contributed by atoms with Gasteiger partial charge >= 0.3 is 21.1 Å². The fourth-order valence-electron chi connectivity index (χ4n) is 1.77. The number of unbranched alkanes of at least 4 members (excludes halogenated alkanes) is 5.